The molecule has 0 unspecified atom stereocenters. The molecule has 154 valence electrons. The van der Waals surface area contributed by atoms with Crippen molar-refractivity contribution in [2.75, 3.05) is 10.6 Å². The van der Waals surface area contributed by atoms with Gasteiger partial charge < -0.3 is 10.6 Å². The number of nitrogens with one attached hydrogen (secondary N) is 2. The first kappa shape index (κ1) is 20.2. The van der Waals surface area contributed by atoms with Crippen molar-refractivity contribution in [1.29, 1.82) is 0 Å². The average Bonchev–Trinajstić information content (AvgIpc) is 2.69. The molecule has 0 radical (unpaired) electrons. The third-order valence-electron chi connectivity index (χ3n) is 4.63. The van der Waals surface area contributed by atoms with Crippen LogP contribution in [0.4, 0.5) is 36.3 Å². The second-order valence-electron chi connectivity index (χ2n) is 6.83. The topological polar surface area (TPSA) is 66.9 Å². The van der Waals surface area contributed by atoms with Gasteiger partial charge in [-0.15, -0.1) is 0 Å². The Morgan fingerprint density at radius 1 is 0.933 bits per heavy atom. The normalized spacial score (nSPS) is 13.7. The molecule has 30 heavy (non-hydrogen) atoms. The van der Waals surface area contributed by atoms with Gasteiger partial charge in [0.2, 0.25) is 5.95 Å². The summed E-state index contributed by atoms with van der Waals surface area (Å²) in [6.07, 6.45) is -2.89. The Morgan fingerprint density at radius 2 is 1.70 bits per heavy atom. The average molecular weight is 433 g/mol. The molecule has 0 aliphatic heterocycles. The van der Waals surface area contributed by atoms with Crippen molar-refractivity contribution in [2.45, 2.75) is 25.4 Å². The first-order valence-corrected chi connectivity index (χ1v) is 9.58. The van der Waals surface area contributed by atoms with E-state index in [1.165, 1.54) is 12.1 Å². The molecule has 1 heterocycles. The van der Waals surface area contributed by atoms with Gasteiger partial charge in [0.25, 0.3) is 0 Å². The van der Waals surface area contributed by atoms with Crippen LogP contribution in [0.5, 0.6) is 0 Å². The van der Waals surface area contributed by atoms with Crippen LogP contribution in [0.1, 0.15) is 34.5 Å². The van der Waals surface area contributed by atoms with Gasteiger partial charge in [0.1, 0.15) is 5.82 Å². The number of benzene rings is 2. The fourth-order valence-corrected chi connectivity index (χ4v) is 3.37. The Balaban J connectivity index is 1.72. The van der Waals surface area contributed by atoms with Crippen LogP contribution in [-0.4, -0.2) is 15.8 Å². The fraction of sp³-hybridized carbons (Fsp3) is 0.190. The van der Waals surface area contributed by atoms with Crippen LogP contribution in [0, 0.1) is 0 Å². The van der Waals surface area contributed by atoms with Gasteiger partial charge >= 0.3 is 6.18 Å². The van der Waals surface area contributed by atoms with E-state index >= 15 is 0 Å². The number of alkyl halides is 3. The molecule has 2 aromatic carbocycles. The molecule has 1 aromatic heterocycles. The molecule has 0 saturated carbocycles. The second-order valence-corrected chi connectivity index (χ2v) is 7.27. The maximum atomic E-state index is 13.0. The zero-order chi connectivity index (χ0) is 21.3. The number of carbonyl (C=O) groups excluding carboxylic acids is 1. The lowest BCUT2D eigenvalue weighted by molar-refractivity contribution is -0.137. The first-order valence-electron chi connectivity index (χ1n) is 9.20. The molecule has 1 aliphatic carbocycles. The van der Waals surface area contributed by atoms with Crippen molar-refractivity contribution < 1.29 is 18.0 Å². The lowest BCUT2D eigenvalue weighted by atomic mass is 9.95. The van der Waals surface area contributed by atoms with Crippen LogP contribution >= 0.6 is 11.6 Å². The first-order chi connectivity index (χ1) is 14.3. The van der Waals surface area contributed by atoms with Crippen molar-refractivity contribution in [3.05, 3.63) is 70.4 Å². The van der Waals surface area contributed by atoms with Gasteiger partial charge in [0.15, 0.2) is 5.78 Å². The number of anilines is 4. The summed E-state index contributed by atoms with van der Waals surface area (Å²) in [4.78, 5) is 21.3. The lowest BCUT2D eigenvalue weighted by Gasteiger charge is -2.19. The molecule has 4 rings (SSSR count). The largest absolute Gasteiger partial charge is 0.416 e. The quantitative estimate of drug-likeness (QED) is 0.517. The van der Waals surface area contributed by atoms with E-state index < -0.39 is 11.7 Å². The molecule has 0 fully saturated rings. The number of aryl methyl sites for hydroxylation is 1. The van der Waals surface area contributed by atoms with E-state index in [4.69, 9.17) is 11.6 Å². The van der Waals surface area contributed by atoms with E-state index in [1.54, 1.807) is 24.3 Å². The number of nitrogens with zero attached hydrogens (tertiary/aromatic N) is 2. The number of ketones is 1. The third-order valence-corrected chi connectivity index (χ3v) is 4.89. The number of rotatable bonds is 4. The summed E-state index contributed by atoms with van der Waals surface area (Å²) in [7, 11) is 0. The Morgan fingerprint density at radius 3 is 2.43 bits per heavy atom. The smallest absolute Gasteiger partial charge is 0.339 e. The SMILES string of the molecule is O=C1CCCc2nc(Nc3ccc(Cl)cc3)nc(Nc3cccc(C(F)(F)F)c3)c21. The molecule has 0 saturated heterocycles. The van der Waals surface area contributed by atoms with Crippen molar-refractivity contribution in [2.24, 2.45) is 0 Å². The summed E-state index contributed by atoms with van der Waals surface area (Å²) in [6.45, 7) is 0. The van der Waals surface area contributed by atoms with Gasteiger partial charge in [-0.2, -0.15) is 18.2 Å². The Kier molecular flexibility index (Phi) is 5.34. The maximum Gasteiger partial charge on any atom is 0.416 e. The highest BCUT2D eigenvalue weighted by Crippen LogP contribution is 2.33. The molecule has 0 atom stereocenters. The van der Waals surface area contributed by atoms with Crippen LogP contribution in [-0.2, 0) is 12.6 Å². The van der Waals surface area contributed by atoms with E-state index in [0.29, 0.717) is 41.2 Å². The maximum absolute atomic E-state index is 13.0. The van der Waals surface area contributed by atoms with Crippen LogP contribution in [0.3, 0.4) is 0 Å². The standard InChI is InChI=1S/C21H16ClF3N4O/c22-13-7-9-14(10-8-13)27-20-28-16-5-2-6-17(30)18(16)19(29-20)26-15-4-1-3-12(11-15)21(23,24)25/h1,3-4,7-11H,2,5-6H2,(H2,26,27,28,29). The lowest BCUT2D eigenvalue weighted by Crippen LogP contribution is -2.18. The van der Waals surface area contributed by atoms with Crippen molar-refractivity contribution >= 4 is 40.5 Å². The number of aromatic nitrogens is 2. The summed E-state index contributed by atoms with van der Waals surface area (Å²) < 4.78 is 39.1. The summed E-state index contributed by atoms with van der Waals surface area (Å²) in [6, 6.07) is 11.7. The van der Waals surface area contributed by atoms with Crippen molar-refractivity contribution in [3.8, 4) is 0 Å². The van der Waals surface area contributed by atoms with E-state index in [2.05, 4.69) is 20.6 Å². The Hall–Kier alpha value is -3.13. The molecule has 1 aliphatic rings. The number of halogens is 4. The van der Waals surface area contributed by atoms with E-state index in [-0.39, 0.29) is 23.2 Å². The summed E-state index contributed by atoms with van der Waals surface area (Å²) >= 11 is 5.90. The molecule has 0 amide bonds. The number of fused-ring (bicyclic) bond motifs is 1. The van der Waals surface area contributed by atoms with Crippen LogP contribution in [0.15, 0.2) is 48.5 Å². The number of carbonyl (C=O) groups is 1. The van der Waals surface area contributed by atoms with Gasteiger partial charge in [-0.3, -0.25) is 4.79 Å². The number of hydrogen-bond donors (Lipinski definition) is 2. The molecule has 5 nitrogen and oxygen atoms in total. The van der Waals surface area contributed by atoms with Gasteiger partial charge in [-0.25, -0.2) is 4.98 Å². The highest BCUT2D eigenvalue weighted by molar-refractivity contribution is 6.30. The van der Waals surface area contributed by atoms with Crippen LogP contribution in [0.2, 0.25) is 5.02 Å². The summed E-state index contributed by atoms with van der Waals surface area (Å²) in [5, 5.41) is 6.50. The minimum Gasteiger partial charge on any atom is -0.339 e. The van der Waals surface area contributed by atoms with Crippen molar-refractivity contribution in [3.63, 3.8) is 0 Å². The fourth-order valence-electron chi connectivity index (χ4n) is 3.24. The Labute approximate surface area is 175 Å². The summed E-state index contributed by atoms with van der Waals surface area (Å²) in [5.74, 6) is 0.282. The predicted molar refractivity (Wildman–Crippen MR) is 109 cm³/mol. The van der Waals surface area contributed by atoms with Gasteiger partial charge in [0.05, 0.1) is 16.8 Å². The second kappa shape index (κ2) is 7.95. The molecular formula is C21H16ClF3N4O. The van der Waals surface area contributed by atoms with E-state index in [9.17, 15) is 18.0 Å². The van der Waals surface area contributed by atoms with E-state index in [1.807, 2.05) is 0 Å². The highest BCUT2D eigenvalue weighted by Gasteiger charge is 2.31. The number of hydrogen-bond acceptors (Lipinski definition) is 5. The zero-order valence-electron chi connectivity index (χ0n) is 15.6. The van der Waals surface area contributed by atoms with Crippen molar-refractivity contribution in [1.82, 2.24) is 9.97 Å². The minimum absolute atomic E-state index is 0.135. The molecule has 3 aromatic rings. The summed E-state index contributed by atoms with van der Waals surface area (Å²) in [5.41, 5.74) is 0.960. The molecular weight excluding hydrogens is 417 g/mol. The number of Topliss-reactive ketones (excluding diaryl/α,β-unsaturated/α-hetero) is 1. The molecule has 2 N–H and O–H groups in total. The monoisotopic (exact) mass is 432 g/mol. The van der Waals surface area contributed by atoms with Crippen LogP contribution < -0.4 is 10.6 Å². The molecule has 0 bridgehead atoms. The van der Waals surface area contributed by atoms with Gasteiger partial charge in [-0.05, 0) is 55.3 Å². The van der Waals surface area contributed by atoms with Gasteiger partial charge in [0, 0.05) is 22.8 Å². The molecule has 9 heteroatoms. The zero-order valence-corrected chi connectivity index (χ0v) is 16.3. The van der Waals surface area contributed by atoms with Crippen LogP contribution in [0.25, 0.3) is 0 Å². The Bertz CT molecular complexity index is 1100. The van der Waals surface area contributed by atoms with E-state index in [0.717, 1.165) is 12.1 Å². The third kappa shape index (κ3) is 4.38. The minimum atomic E-state index is -4.47. The van der Waals surface area contributed by atoms with Gasteiger partial charge in [-0.1, -0.05) is 17.7 Å². The highest BCUT2D eigenvalue weighted by atomic mass is 35.5. The predicted octanol–water partition coefficient (Wildman–Crippen LogP) is 6.16. The molecule has 0 spiro atoms.